The van der Waals surface area contributed by atoms with Crippen LogP contribution < -0.4 is 0 Å². The van der Waals surface area contributed by atoms with Crippen molar-refractivity contribution >= 4 is 15.4 Å². The molecule has 2 aliphatic rings. The minimum atomic E-state index is -3.35. The lowest BCUT2D eigenvalue weighted by molar-refractivity contribution is 0.604. The van der Waals surface area contributed by atoms with E-state index in [0.29, 0.717) is 9.80 Å². The molecule has 1 aliphatic heterocycles. The fourth-order valence-electron chi connectivity index (χ4n) is 2.65. The molecular weight excluding hydrogens is 244 g/mol. The second-order valence-corrected chi connectivity index (χ2v) is 7.07. The Morgan fingerprint density at radius 2 is 1.78 bits per heavy atom. The van der Waals surface area contributed by atoms with Crippen LogP contribution in [-0.4, -0.2) is 8.42 Å². The van der Waals surface area contributed by atoms with Gasteiger partial charge in [0.25, 0.3) is 0 Å². The molecule has 0 bridgehead atoms. The summed E-state index contributed by atoms with van der Waals surface area (Å²) >= 11 is 0. The molecule has 0 spiro atoms. The summed E-state index contributed by atoms with van der Waals surface area (Å²) in [6.45, 7) is 4.09. The molecule has 2 nitrogen and oxygen atoms in total. The van der Waals surface area contributed by atoms with Gasteiger partial charge in [0.05, 0.1) is 9.80 Å². The van der Waals surface area contributed by atoms with Crippen molar-refractivity contribution in [2.24, 2.45) is 5.41 Å². The lowest BCUT2D eigenvalue weighted by Gasteiger charge is -2.22. The van der Waals surface area contributed by atoms with Gasteiger partial charge in [-0.2, -0.15) is 0 Å². The Bertz CT molecular complexity index is 717. The SMILES string of the molecule is CC1(C)C=CC=CC2=C1c1ccccc1S2(=O)=O. The zero-order valence-corrected chi connectivity index (χ0v) is 11.2. The Balaban J connectivity index is 2.44. The predicted octanol–water partition coefficient (Wildman–Crippen LogP) is 3.34. The fourth-order valence-corrected chi connectivity index (χ4v) is 4.51. The molecule has 18 heavy (non-hydrogen) atoms. The van der Waals surface area contributed by atoms with E-state index in [4.69, 9.17) is 0 Å². The number of benzene rings is 1. The van der Waals surface area contributed by atoms with Crippen molar-refractivity contribution in [3.05, 3.63) is 59.0 Å². The average Bonchev–Trinajstić information content (AvgIpc) is 2.43. The fraction of sp³-hybridized carbons (Fsp3) is 0.200. The molecule has 0 unspecified atom stereocenters. The average molecular weight is 258 g/mol. The highest BCUT2D eigenvalue weighted by Gasteiger charge is 2.39. The molecule has 0 amide bonds. The third-order valence-electron chi connectivity index (χ3n) is 3.50. The molecule has 92 valence electrons. The van der Waals surface area contributed by atoms with Gasteiger partial charge in [-0.1, -0.05) is 50.3 Å². The minimum absolute atomic E-state index is 0.279. The van der Waals surface area contributed by atoms with Crippen LogP contribution in [0.1, 0.15) is 19.4 Å². The van der Waals surface area contributed by atoms with Crippen LogP contribution in [0.3, 0.4) is 0 Å². The summed E-state index contributed by atoms with van der Waals surface area (Å²) in [5.41, 5.74) is 1.47. The highest BCUT2D eigenvalue weighted by atomic mass is 32.2. The molecule has 0 fully saturated rings. The first kappa shape index (κ1) is 11.5. The molecule has 1 aromatic rings. The van der Waals surface area contributed by atoms with E-state index in [1.807, 2.05) is 38.1 Å². The first-order chi connectivity index (χ1) is 8.44. The smallest absolute Gasteiger partial charge is 0.207 e. The monoisotopic (exact) mass is 258 g/mol. The first-order valence-corrected chi connectivity index (χ1v) is 7.38. The molecule has 1 heterocycles. The summed E-state index contributed by atoms with van der Waals surface area (Å²) in [7, 11) is -3.35. The Hall–Kier alpha value is -1.61. The highest BCUT2D eigenvalue weighted by Crippen LogP contribution is 2.49. The molecule has 3 heteroatoms. The van der Waals surface area contributed by atoms with Crippen LogP contribution in [0.25, 0.3) is 5.57 Å². The molecule has 1 aromatic carbocycles. The van der Waals surface area contributed by atoms with Crippen molar-refractivity contribution in [3.63, 3.8) is 0 Å². The Morgan fingerprint density at radius 1 is 1.06 bits per heavy atom. The van der Waals surface area contributed by atoms with E-state index in [9.17, 15) is 8.42 Å². The highest BCUT2D eigenvalue weighted by molar-refractivity contribution is 7.96. The summed E-state index contributed by atoms with van der Waals surface area (Å²) < 4.78 is 25.0. The molecule has 1 aliphatic carbocycles. The third kappa shape index (κ3) is 1.37. The summed E-state index contributed by atoms with van der Waals surface area (Å²) in [6, 6.07) is 7.24. The van der Waals surface area contributed by atoms with Crippen molar-refractivity contribution in [2.45, 2.75) is 18.7 Å². The van der Waals surface area contributed by atoms with Gasteiger partial charge in [-0.05, 0) is 23.3 Å². The maximum atomic E-state index is 12.5. The number of hydrogen-bond acceptors (Lipinski definition) is 2. The summed E-state index contributed by atoms with van der Waals surface area (Å²) in [4.78, 5) is 0.877. The van der Waals surface area contributed by atoms with E-state index in [1.54, 1.807) is 24.3 Å². The normalized spacial score (nSPS) is 22.6. The zero-order valence-electron chi connectivity index (χ0n) is 10.3. The third-order valence-corrected chi connectivity index (χ3v) is 5.35. The standard InChI is InChI=1S/C15H14O2S/c1-15(2)10-6-5-9-13-14(15)11-7-3-4-8-12(11)18(13,16)17/h3-10H,1-2H3. The largest absolute Gasteiger partial charge is 0.218 e. The van der Waals surface area contributed by atoms with E-state index >= 15 is 0 Å². The second kappa shape index (κ2) is 3.45. The summed E-state index contributed by atoms with van der Waals surface area (Å²) in [5, 5.41) is 0. The van der Waals surface area contributed by atoms with Gasteiger partial charge in [0.2, 0.25) is 9.84 Å². The lowest BCUT2D eigenvalue weighted by Crippen LogP contribution is -2.10. The van der Waals surface area contributed by atoms with Crippen molar-refractivity contribution in [3.8, 4) is 0 Å². The number of sulfone groups is 1. The van der Waals surface area contributed by atoms with Crippen LogP contribution in [-0.2, 0) is 9.84 Å². The maximum Gasteiger partial charge on any atom is 0.207 e. The van der Waals surface area contributed by atoms with Crippen LogP contribution in [0.15, 0.2) is 58.4 Å². The maximum absolute atomic E-state index is 12.5. The van der Waals surface area contributed by atoms with Gasteiger partial charge in [0.15, 0.2) is 0 Å². The van der Waals surface area contributed by atoms with Gasteiger partial charge in [0.1, 0.15) is 0 Å². The summed E-state index contributed by atoms with van der Waals surface area (Å²) in [6.07, 6.45) is 7.46. The van der Waals surface area contributed by atoms with Crippen LogP contribution >= 0.6 is 0 Å². The van der Waals surface area contributed by atoms with Crippen LogP contribution in [0.5, 0.6) is 0 Å². The van der Waals surface area contributed by atoms with Gasteiger partial charge < -0.3 is 0 Å². The molecule has 3 rings (SSSR count). The van der Waals surface area contributed by atoms with Crippen LogP contribution in [0.2, 0.25) is 0 Å². The van der Waals surface area contributed by atoms with Crippen molar-refractivity contribution in [1.29, 1.82) is 0 Å². The molecule has 0 saturated heterocycles. The molecular formula is C15H14O2S. The van der Waals surface area contributed by atoms with E-state index in [1.165, 1.54) is 0 Å². The topological polar surface area (TPSA) is 34.1 Å². The van der Waals surface area contributed by atoms with Crippen molar-refractivity contribution < 1.29 is 8.42 Å². The second-order valence-electron chi connectivity index (χ2n) is 5.18. The number of allylic oxidation sites excluding steroid dienone is 5. The van der Waals surface area contributed by atoms with Gasteiger partial charge in [-0.15, -0.1) is 0 Å². The quantitative estimate of drug-likeness (QED) is 0.715. The molecule has 0 N–H and O–H groups in total. The van der Waals surface area contributed by atoms with Gasteiger partial charge in [-0.25, -0.2) is 8.42 Å². The molecule has 0 aromatic heterocycles. The van der Waals surface area contributed by atoms with Crippen LogP contribution in [0, 0.1) is 5.41 Å². The van der Waals surface area contributed by atoms with E-state index in [2.05, 4.69) is 0 Å². The van der Waals surface area contributed by atoms with Crippen LogP contribution in [0.4, 0.5) is 0 Å². The van der Waals surface area contributed by atoms with E-state index < -0.39 is 9.84 Å². The van der Waals surface area contributed by atoms with Gasteiger partial charge in [0, 0.05) is 5.41 Å². The van der Waals surface area contributed by atoms with E-state index in [0.717, 1.165) is 11.1 Å². The Kier molecular flexibility index (Phi) is 2.20. The minimum Gasteiger partial charge on any atom is -0.218 e. The molecule has 0 saturated carbocycles. The number of fused-ring (bicyclic) bond motifs is 2. The Morgan fingerprint density at radius 3 is 2.56 bits per heavy atom. The molecule has 0 atom stereocenters. The van der Waals surface area contributed by atoms with Gasteiger partial charge in [-0.3, -0.25) is 0 Å². The number of rotatable bonds is 0. The summed E-state index contributed by atoms with van der Waals surface area (Å²) in [5.74, 6) is 0. The predicted molar refractivity (Wildman–Crippen MR) is 72.6 cm³/mol. The van der Waals surface area contributed by atoms with Gasteiger partial charge >= 0.3 is 0 Å². The lowest BCUT2D eigenvalue weighted by atomic mass is 9.80. The number of hydrogen-bond donors (Lipinski definition) is 0. The van der Waals surface area contributed by atoms with Crippen molar-refractivity contribution in [1.82, 2.24) is 0 Å². The van der Waals surface area contributed by atoms with Crippen molar-refractivity contribution in [2.75, 3.05) is 0 Å². The zero-order chi connectivity index (χ0) is 13.0. The Labute approximate surface area is 107 Å². The van der Waals surface area contributed by atoms with E-state index in [-0.39, 0.29) is 5.41 Å². The first-order valence-electron chi connectivity index (χ1n) is 5.90. The molecule has 0 radical (unpaired) electrons.